The summed E-state index contributed by atoms with van der Waals surface area (Å²) in [6.45, 7) is 3.05. The summed E-state index contributed by atoms with van der Waals surface area (Å²) >= 11 is 0. The Morgan fingerprint density at radius 3 is 2.62 bits per heavy atom. The highest BCUT2D eigenvalue weighted by molar-refractivity contribution is 5.93. The third-order valence-electron chi connectivity index (χ3n) is 5.42. The number of nitrogens with one attached hydrogen (secondary N) is 2. The Balaban J connectivity index is 0.00000121. The van der Waals surface area contributed by atoms with Gasteiger partial charge in [-0.2, -0.15) is 0 Å². The molecule has 2 N–H and O–H groups in total. The minimum atomic E-state index is 0. The summed E-state index contributed by atoms with van der Waals surface area (Å²) < 4.78 is 5.41. The Bertz CT molecular complexity index is 586. The summed E-state index contributed by atoms with van der Waals surface area (Å²) in [5.41, 5.74) is 0.821. The average Bonchev–Trinajstić information content (AvgIpc) is 2.94. The minimum absolute atomic E-state index is 0. The van der Waals surface area contributed by atoms with Crippen LogP contribution in [0.1, 0.15) is 32.1 Å². The summed E-state index contributed by atoms with van der Waals surface area (Å²) in [5, 5.41) is 6.74. The lowest BCUT2D eigenvalue weighted by Gasteiger charge is -2.30. The number of nitrogens with zero attached hydrogens (tertiary/aromatic N) is 2. The fourth-order valence-electron chi connectivity index (χ4n) is 4.33. The van der Waals surface area contributed by atoms with Crippen molar-refractivity contribution in [2.45, 2.75) is 44.2 Å². The smallest absolute Gasteiger partial charge is 0.224 e. The molecule has 2 unspecified atom stereocenters. The molecule has 0 spiro atoms. The van der Waals surface area contributed by atoms with Crippen LogP contribution in [-0.2, 0) is 9.53 Å². The number of aromatic nitrogens is 1. The van der Waals surface area contributed by atoms with Gasteiger partial charge in [0, 0.05) is 37.8 Å². The average molecular weight is 403 g/mol. The number of ether oxygens (including phenoxy) is 1. The van der Waals surface area contributed by atoms with E-state index in [0.717, 1.165) is 37.4 Å². The number of carbonyl (C=O) groups is 1. The van der Waals surface area contributed by atoms with Crippen LogP contribution in [0, 0.1) is 5.92 Å². The molecule has 0 saturated carbocycles. The van der Waals surface area contributed by atoms with E-state index in [1.165, 1.54) is 12.8 Å². The molecule has 3 aliphatic rings. The normalized spacial score (nSPS) is 27.2. The van der Waals surface area contributed by atoms with Crippen LogP contribution < -0.4 is 15.5 Å². The van der Waals surface area contributed by atoms with Gasteiger partial charge in [0.1, 0.15) is 0 Å². The van der Waals surface area contributed by atoms with Crippen LogP contribution in [0.5, 0.6) is 0 Å². The Hall–Kier alpha value is -1.08. The van der Waals surface area contributed by atoms with Crippen LogP contribution in [-0.4, -0.2) is 49.3 Å². The van der Waals surface area contributed by atoms with Crippen molar-refractivity contribution in [1.29, 1.82) is 0 Å². The van der Waals surface area contributed by atoms with Crippen molar-refractivity contribution in [3.05, 3.63) is 18.3 Å². The topological polar surface area (TPSA) is 66.5 Å². The number of anilines is 2. The highest BCUT2D eigenvalue weighted by atomic mass is 35.5. The van der Waals surface area contributed by atoms with Crippen LogP contribution in [0.4, 0.5) is 11.5 Å². The highest BCUT2D eigenvalue weighted by Gasteiger charge is 2.34. The maximum atomic E-state index is 12.5. The largest absolute Gasteiger partial charge is 0.378 e. The van der Waals surface area contributed by atoms with E-state index >= 15 is 0 Å². The highest BCUT2D eigenvalue weighted by Crippen LogP contribution is 2.33. The monoisotopic (exact) mass is 402 g/mol. The minimum Gasteiger partial charge on any atom is -0.378 e. The predicted molar refractivity (Wildman–Crippen MR) is 108 cm³/mol. The maximum absolute atomic E-state index is 12.5. The second kappa shape index (κ2) is 9.74. The molecule has 1 aromatic heterocycles. The van der Waals surface area contributed by atoms with E-state index < -0.39 is 0 Å². The number of amides is 1. The van der Waals surface area contributed by atoms with Gasteiger partial charge in [-0.15, -0.1) is 24.8 Å². The first kappa shape index (κ1) is 21.2. The summed E-state index contributed by atoms with van der Waals surface area (Å²) in [7, 11) is 0. The van der Waals surface area contributed by atoms with E-state index in [2.05, 4.69) is 20.5 Å². The quantitative estimate of drug-likeness (QED) is 0.809. The van der Waals surface area contributed by atoms with E-state index in [4.69, 9.17) is 4.74 Å². The fourth-order valence-corrected chi connectivity index (χ4v) is 4.33. The molecule has 8 heteroatoms. The number of rotatable bonds is 4. The SMILES string of the molecule is Cl.Cl.O=C(CC1CC2CCC(C1)N2)Nc1cccnc1N1CCOCC1. The van der Waals surface area contributed by atoms with Gasteiger partial charge in [-0.25, -0.2) is 4.98 Å². The van der Waals surface area contributed by atoms with Gasteiger partial charge in [0.15, 0.2) is 5.82 Å². The van der Waals surface area contributed by atoms with Crippen molar-refractivity contribution in [2.75, 3.05) is 36.5 Å². The number of halogens is 2. The van der Waals surface area contributed by atoms with Crippen LogP contribution in [0.3, 0.4) is 0 Å². The molecule has 3 fully saturated rings. The van der Waals surface area contributed by atoms with Crippen LogP contribution >= 0.6 is 24.8 Å². The number of hydrogen-bond acceptors (Lipinski definition) is 5. The van der Waals surface area contributed by atoms with Crippen molar-refractivity contribution in [3.8, 4) is 0 Å². The van der Waals surface area contributed by atoms with Gasteiger partial charge in [0.25, 0.3) is 0 Å². The Morgan fingerprint density at radius 1 is 1.23 bits per heavy atom. The summed E-state index contributed by atoms with van der Waals surface area (Å²) in [6, 6.07) is 5.08. The molecular weight excluding hydrogens is 375 g/mol. The second-order valence-corrected chi connectivity index (χ2v) is 7.20. The van der Waals surface area contributed by atoms with Crippen LogP contribution in [0.2, 0.25) is 0 Å². The molecule has 3 saturated heterocycles. The first-order valence-corrected chi connectivity index (χ1v) is 9.11. The zero-order valence-electron chi connectivity index (χ0n) is 14.9. The van der Waals surface area contributed by atoms with Gasteiger partial charge in [-0.3, -0.25) is 4.79 Å². The maximum Gasteiger partial charge on any atom is 0.224 e. The molecule has 26 heavy (non-hydrogen) atoms. The molecule has 2 atom stereocenters. The molecule has 0 radical (unpaired) electrons. The first-order valence-electron chi connectivity index (χ1n) is 9.11. The van der Waals surface area contributed by atoms with E-state index in [1.807, 2.05) is 12.1 Å². The van der Waals surface area contributed by atoms with Crippen molar-refractivity contribution in [3.63, 3.8) is 0 Å². The number of pyridine rings is 1. The van der Waals surface area contributed by atoms with Gasteiger partial charge < -0.3 is 20.3 Å². The lowest BCUT2D eigenvalue weighted by molar-refractivity contribution is -0.117. The molecule has 0 aliphatic carbocycles. The van der Waals surface area contributed by atoms with Crippen molar-refractivity contribution >= 4 is 42.2 Å². The van der Waals surface area contributed by atoms with Crippen molar-refractivity contribution < 1.29 is 9.53 Å². The number of fused-ring (bicyclic) bond motifs is 2. The third kappa shape index (κ3) is 5.00. The predicted octanol–water partition coefficient (Wildman–Crippen LogP) is 2.62. The lowest BCUT2D eigenvalue weighted by atomic mass is 9.89. The fraction of sp³-hybridized carbons (Fsp3) is 0.667. The van der Waals surface area contributed by atoms with Gasteiger partial charge in [0.2, 0.25) is 5.91 Å². The van der Waals surface area contributed by atoms with Gasteiger partial charge in [0.05, 0.1) is 18.9 Å². The second-order valence-electron chi connectivity index (χ2n) is 7.20. The molecule has 4 rings (SSSR count). The third-order valence-corrected chi connectivity index (χ3v) is 5.42. The molecule has 146 valence electrons. The number of hydrogen-bond donors (Lipinski definition) is 2. The Labute approximate surface area is 167 Å². The summed E-state index contributed by atoms with van der Waals surface area (Å²) in [4.78, 5) is 19.2. The Kier molecular flexibility index (Phi) is 7.95. The van der Waals surface area contributed by atoms with Crippen LogP contribution in [0.15, 0.2) is 18.3 Å². The lowest BCUT2D eigenvalue weighted by Crippen LogP contribution is -2.39. The zero-order chi connectivity index (χ0) is 16.4. The van der Waals surface area contributed by atoms with Gasteiger partial charge in [-0.05, 0) is 43.7 Å². The van der Waals surface area contributed by atoms with Crippen molar-refractivity contribution in [1.82, 2.24) is 10.3 Å². The molecule has 4 heterocycles. The molecular formula is C18H28Cl2N4O2. The molecule has 6 nitrogen and oxygen atoms in total. The van der Waals surface area contributed by atoms with E-state index in [1.54, 1.807) is 6.20 Å². The van der Waals surface area contributed by atoms with Crippen molar-refractivity contribution in [2.24, 2.45) is 5.92 Å². The summed E-state index contributed by atoms with van der Waals surface area (Å²) in [6.07, 6.45) is 7.21. The molecule has 1 aromatic rings. The summed E-state index contributed by atoms with van der Waals surface area (Å²) in [5.74, 6) is 1.48. The standard InChI is InChI=1S/C18H26N4O2.2ClH/c23-17(12-13-10-14-3-4-15(11-13)20-14)21-16-2-1-5-19-18(16)22-6-8-24-9-7-22;;/h1-2,5,13-15,20H,3-4,6-12H2,(H,21,23);2*1H. The molecule has 2 bridgehead atoms. The number of morpholine rings is 1. The van der Waals surface area contributed by atoms with Gasteiger partial charge in [-0.1, -0.05) is 0 Å². The number of carbonyl (C=O) groups excluding carboxylic acids is 1. The Morgan fingerprint density at radius 2 is 1.92 bits per heavy atom. The zero-order valence-corrected chi connectivity index (χ0v) is 16.5. The van der Waals surface area contributed by atoms with E-state index in [-0.39, 0.29) is 30.7 Å². The molecule has 3 aliphatic heterocycles. The van der Waals surface area contributed by atoms with Crippen LogP contribution in [0.25, 0.3) is 0 Å². The van der Waals surface area contributed by atoms with Gasteiger partial charge >= 0.3 is 0 Å². The first-order chi connectivity index (χ1) is 11.8. The molecule has 1 amide bonds. The number of piperidine rings is 1. The van der Waals surface area contributed by atoms with E-state index in [0.29, 0.717) is 37.6 Å². The molecule has 0 aromatic carbocycles. The van der Waals surface area contributed by atoms with E-state index in [9.17, 15) is 4.79 Å².